The molecular formula is C15H17N3O2S. The summed E-state index contributed by atoms with van der Waals surface area (Å²) in [5.74, 6) is 1.34. The molecule has 1 heterocycles. The highest BCUT2D eigenvalue weighted by molar-refractivity contribution is 7.99. The molecule has 1 N–H and O–H groups in total. The van der Waals surface area contributed by atoms with Gasteiger partial charge in [0.15, 0.2) is 0 Å². The van der Waals surface area contributed by atoms with Gasteiger partial charge in [0.2, 0.25) is 11.8 Å². The molecule has 0 radical (unpaired) electrons. The Balaban J connectivity index is 1.48. The van der Waals surface area contributed by atoms with E-state index in [2.05, 4.69) is 22.4 Å². The summed E-state index contributed by atoms with van der Waals surface area (Å²) in [4.78, 5) is 11.9. The normalized spacial score (nSPS) is 14.1. The van der Waals surface area contributed by atoms with Gasteiger partial charge in [-0.3, -0.25) is 4.79 Å². The van der Waals surface area contributed by atoms with E-state index < -0.39 is 0 Å². The lowest BCUT2D eigenvalue weighted by Gasteiger charge is -2.04. The van der Waals surface area contributed by atoms with Gasteiger partial charge in [-0.1, -0.05) is 30.8 Å². The Morgan fingerprint density at radius 3 is 2.76 bits per heavy atom. The number of aryl methyl sites for hydroxylation is 1. The number of thioether (sulfide) groups is 1. The lowest BCUT2D eigenvalue weighted by Crippen LogP contribution is -2.13. The number of benzene rings is 1. The standard InChI is InChI=1S/C15H17N3O2S/c1-2-10-3-7-12(8-4-10)16-13(19)9-21-15-18-17-14(20-15)11-5-6-11/h3-4,7-8,11H,2,5-6,9H2,1H3,(H,16,19). The second kappa shape index (κ2) is 6.30. The van der Waals surface area contributed by atoms with Gasteiger partial charge in [-0.05, 0) is 37.0 Å². The molecule has 0 atom stereocenters. The Labute approximate surface area is 127 Å². The monoisotopic (exact) mass is 303 g/mol. The van der Waals surface area contributed by atoms with E-state index in [1.54, 1.807) is 0 Å². The number of nitrogens with zero attached hydrogens (tertiary/aromatic N) is 2. The maximum atomic E-state index is 11.9. The quantitative estimate of drug-likeness (QED) is 0.830. The maximum Gasteiger partial charge on any atom is 0.277 e. The van der Waals surface area contributed by atoms with Crippen LogP contribution in [0.15, 0.2) is 33.9 Å². The molecule has 21 heavy (non-hydrogen) atoms. The van der Waals surface area contributed by atoms with Crippen LogP contribution in [0, 0.1) is 0 Å². The summed E-state index contributed by atoms with van der Waals surface area (Å²) in [5, 5.41) is 11.3. The van der Waals surface area contributed by atoms with Gasteiger partial charge in [0.25, 0.3) is 5.22 Å². The fourth-order valence-electron chi connectivity index (χ4n) is 1.92. The number of aromatic nitrogens is 2. The Morgan fingerprint density at radius 1 is 1.33 bits per heavy atom. The number of hydrogen-bond acceptors (Lipinski definition) is 5. The van der Waals surface area contributed by atoms with Crippen molar-refractivity contribution in [3.05, 3.63) is 35.7 Å². The van der Waals surface area contributed by atoms with E-state index in [0.29, 0.717) is 17.0 Å². The first kappa shape index (κ1) is 14.1. The number of carbonyl (C=O) groups is 1. The predicted molar refractivity (Wildman–Crippen MR) is 81.4 cm³/mol. The average Bonchev–Trinajstić information content (AvgIpc) is 3.25. The lowest BCUT2D eigenvalue weighted by atomic mass is 10.1. The highest BCUT2D eigenvalue weighted by atomic mass is 32.2. The van der Waals surface area contributed by atoms with Gasteiger partial charge in [-0.2, -0.15) is 0 Å². The van der Waals surface area contributed by atoms with E-state index >= 15 is 0 Å². The smallest absolute Gasteiger partial charge is 0.277 e. The van der Waals surface area contributed by atoms with Gasteiger partial charge in [0, 0.05) is 11.6 Å². The van der Waals surface area contributed by atoms with Crippen molar-refractivity contribution in [3.63, 3.8) is 0 Å². The predicted octanol–water partition coefficient (Wildman–Crippen LogP) is 3.24. The minimum Gasteiger partial charge on any atom is -0.416 e. The van der Waals surface area contributed by atoms with Crippen LogP contribution in [-0.4, -0.2) is 21.9 Å². The first-order chi connectivity index (χ1) is 10.2. The van der Waals surface area contributed by atoms with Crippen LogP contribution in [0.3, 0.4) is 0 Å². The van der Waals surface area contributed by atoms with Crippen LogP contribution in [0.5, 0.6) is 0 Å². The topological polar surface area (TPSA) is 68.0 Å². The van der Waals surface area contributed by atoms with Crippen molar-refractivity contribution >= 4 is 23.4 Å². The van der Waals surface area contributed by atoms with Crippen LogP contribution in [0.1, 0.15) is 37.1 Å². The van der Waals surface area contributed by atoms with Crippen molar-refractivity contribution in [1.29, 1.82) is 0 Å². The van der Waals surface area contributed by atoms with E-state index in [-0.39, 0.29) is 11.7 Å². The minimum absolute atomic E-state index is 0.0737. The molecule has 1 aromatic carbocycles. The van der Waals surface area contributed by atoms with E-state index in [1.165, 1.54) is 17.3 Å². The fourth-order valence-corrected chi connectivity index (χ4v) is 2.49. The second-order valence-corrected chi connectivity index (χ2v) is 5.99. The van der Waals surface area contributed by atoms with Crippen molar-refractivity contribution < 1.29 is 9.21 Å². The molecule has 1 saturated carbocycles. The van der Waals surface area contributed by atoms with E-state index in [4.69, 9.17) is 4.42 Å². The number of hydrogen-bond donors (Lipinski definition) is 1. The molecule has 2 aromatic rings. The van der Waals surface area contributed by atoms with Crippen molar-refractivity contribution in [3.8, 4) is 0 Å². The third-order valence-corrected chi connectivity index (χ3v) is 4.14. The van der Waals surface area contributed by atoms with Crippen molar-refractivity contribution in [2.24, 2.45) is 0 Å². The fraction of sp³-hybridized carbons (Fsp3) is 0.400. The van der Waals surface area contributed by atoms with Crippen LogP contribution >= 0.6 is 11.8 Å². The average molecular weight is 303 g/mol. The van der Waals surface area contributed by atoms with Gasteiger partial charge in [-0.15, -0.1) is 10.2 Å². The summed E-state index contributed by atoms with van der Waals surface area (Å²) in [7, 11) is 0. The van der Waals surface area contributed by atoms with Crippen LogP contribution in [0.2, 0.25) is 0 Å². The van der Waals surface area contributed by atoms with Crippen molar-refractivity contribution in [2.75, 3.05) is 11.1 Å². The molecule has 5 nitrogen and oxygen atoms in total. The molecule has 0 spiro atoms. The number of carbonyl (C=O) groups excluding carboxylic acids is 1. The third kappa shape index (κ3) is 3.85. The molecular weight excluding hydrogens is 286 g/mol. The minimum atomic E-state index is -0.0737. The molecule has 0 unspecified atom stereocenters. The molecule has 110 valence electrons. The zero-order valence-corrected chi connectivity index (χ0v) is 12.7. The summed E-state index contributed by atoms with van der Waals surface area (Å²) >= 11 is 1.27. The third-order valence-electron chi connectivity index (χ3n) is 3.32. The van der Waals surface area contributed by atoms with Gasteiger partial charge in [0.1, 0.15) is 0 Å². The zero-order chi connectivity index (χ0) is 14.7. The Morgan fingerprint density at radius 2 is 2.10 bits per heavy atom. The molecule has 1 aliphatic rings. The first-order valence-corrected chi connectivity index (χ1v) is 8.08. The number of rotatable bonds is 6. The van der Waals surface area contributed by atoms with Crippen molar-refractivity contribution in [2.45, 2.75) is 37.3 Å². The maximum absolute atomic E-state index is 11.9. The molecule has 1 amide bonds. The largest absolute Gasteiger partial charge is 0.416 e. The number of nitrogens with one attached hydrogen (secondary N) is 1. The molecule has 0 bridgehead atoms. The Kier molecular flexibility index (Phi) is 4.24. The molecule has 0 aliphatic heterocycles. The Bertz CT molecular complexity index is 620. The Hall–Kier alpha value is -1.82. The summed E-state index contributed by atoms with van der Waals surface area (Å²) in [6.07, 6.45) is 3.24. The molecule has 1 aliphatic carbocycles. The molecule has 1 aromatic heterocycles. The summed E-state index contributed by atoms with van der Waals surface area (Å²) in [5.41, 5.74) is 2.06. The molecule has 0 saturated heterocycles. The van der Waals surface area contributed by atoms with Crippen LogP contribution in [0.25, 0.3) is 0 Å². The summed E-state index contributed by atoms with van der Waals surface area (Å²) in [6, 6.07) is 7.87. The second-order valence-electron chi connectivity index (χ2n) is 5.07. The highest BCUT2D eigenvalue weighted by Gasteiger charge is 2.29. The summed E-state index contributed by atoms with van der Waals surface area (Å²) in [6.45, 7) is 2.10. The van der Waals surface area contributed by atoms with Crippen LogP contribution < -0.4 is 5.32 Å². The van der Waals surface area contributed by atoms with Gasteiger partial charge >= 0.3 is 0 Å². The SMILES string of the molecule is CCc1ccc(NC(=O)CSc2nnc(C3CC3)o2)cc1. The molecule has 6 heteroatoms. The number of amides is 1. The molecule has 3 rings (SSSR count). The van der Waals surface area contributed by atoms with Gasteiger partial charge < -0.3 is 9.73 Å². The van der Waals surface area contributed by atoms with E-state index in [1.807, 2.05) is 24.3 Å². The zero-order valence-electron chi connectivity index (χ0n) is 11.8. The highest BCUT2D eigenvalue weighted by Crippen LogP contribution is 2.39. The van der Waals surface area contributed by atoms with Crippen LogP contribution in [-0.2, 0) is 11.2 Å². The van der Waals surface area contributed by atoms with E-state index in [0.717, 1.165) is 24.9 Å². The summed E-state index contributed by atoms with van der Waals surface area (Å²) < 4.78 is 5.50. The lowest BCUT2D eigenvalue weighted by molar-refractivity contribution is -0.113. The first-order valence-electron chi connectivity index (χ1n) is 7.09. The van der Waals surface area contributed by atoms with Crippen molar-refractivity contribution in [1.82, 2.24) is 10.2 Å². The van der Waals surface area contributed by atoms with E-state index in [9.17, 15) is 4.79 Å². The van der Waals surface area contributed by atoms with Gasteiger partial charge in [-0.25, -0.2) is 0 Å². The van der Waals surface area contributed by atoms with Crippen LogP contribution in [0.4, 0.5) is 5.69 Å². The molecule has 1 fully saturated rings. The van der Waals surface area contributed by atoms with Gasteiger partial charge in [0.05, 0.1) is 5.75 Å². The number of anilines is 1.